The summed E-state index contributed by atoms with van der Waals surface area (Å²) < 4.78 is 5.28. The van der Waals surface area contributed by atoms with E-state index in [1.54, 1.807) is 35.2 Å². The number of rotatable bonds is 6. The molecule has 1 heterocycles. The molecule has 7 heteroatoms. The lowest BCUT2D eigenvalue weighted by molar-refractivity contribution is -0.119. The molecule has 2 amide bonds. The number of benzene rings is 2. The SMILES string of the molecule is CCCN1C(=O)c2ccc(Cl)cc2NC1c1ccc(OCC(N)=O)cc1. The van der Waals surface area contributed by atoms with E-state index < -0.39 is 5.91 Å². The van der Waals surface area contributed by atoms with Gasteiger partial charge in [0.15, 0.2) is 6.61 Å². The molecule has 26 heavy (non-hydrogen) atoms. The van der Waals surface area contributed by atoms with Gasteiger partial charge in [-0.05, 0) is 42.3 Å². The first-order valence-electron chi connectivity index (χ1n) is 8.37. The van der Waals surface area contributed by atoms with Crippen LogP contribution >= 0.6 is 11.6 Å². The van der Waals surface area contributed by atoms with E-state index in [2.05, 4.69) is 5.32 Å². The van der Waals surface area contributed by atoms with Gasteiger partial charge in [-0.15, -0.1) is 0 Å². The summed E-state index contributed by atoms with van der Waals surface area (Å²) in [7, 11) is 0. The number of ether oxygens (including phenoxy) is 1. The van der Waals surface area contributed by atoms with Crippen molar-refractivity contribution in [3.8, 4) is 5.75 Å². The molecule has 2 aromatic rings. The Morgan fingerprint density at radius 3 is 2.65 bits per heavy atom. The molecule has 3 N–H and O–H groups in total. The Morgan fingerprint density at radius 2 is 2.00 bits per heavy atom. The molecule has 2 aromatic carbocycles. The number of amides is 2. The number of halogens is 1. The number of primary amides is 1. The van der Waals surface area contributed by atoms with Gasteiger partial charge in [0.05, 0.1) is 11.3 Å². The summed E-state index contributed by atoms with van der Waals surface area (Å²) >= 11 is 6.08. The van der Waals surface area contributed by atoms with Crippen molar-refractivity contribution in [3.05, 3.63) is 58.6 Å². The summed E-state index contributed by atoms with van der Waals surface area (Å²) in [6.45, 7) is 2.48. The summed E-state index contributed by atoms with van der Waals surface area (Å²) in [5, 5.41) is 3.97. The van der Waals surface area contributed by atoms with Gasteiger partial charge in [0.2, 0.25) is 0 Å². The Kier molecular flexibility index (Phi) is 5.32. The summed E-state index contributed by atoms with van der Waals surface area (Å²) in [5.41, 5.74) is 7.32. The second-order valence-corrected chi connectivity index (χ2v) is 6.50. The first-order chi connectivity index (χ1) is 12.5. The lowest BCUT2D eigenvalue weighted by atomic mass is 10.0. The third kappa shape index (κ3) is 3.75. The normalized spacial score (nSPS) is 16.0. The fraction of sp³-hybridized carbons (Fsp3) is 0.263. The first-order valence-corrected chi connectivity index (χ1v) is 8.75. The zero-order chi connectivity index (χ0) is 18.7. The van der Waals surface area contributed by atoms with Gasteiger partial charge in [-0.2, -0.15) is 0 Å². The molecule has 6 nitrogen and oxygen atoms in total. The van der Waals surface area contributed by atoms with Crippen LogP contribution in [-0.2, 0) is 4.79 Å². The average molecular weight is 374 g/mol. The minimum absolute atomic E-state index is 0.0312. The van der Waals surface area contributed by atoms with Crippen molar-refractivity contribution in [2.24, 2.45) is 5.73 Å². The third-order valence-corrected chi connectivity index (χ3v) is 4.35. The van der Waals surface area contributed by atoms with Crippen LogP contribution in [0.1, 0.15) is 35.4 Å². The van der Waals surface area contributed by atoms with Crippen molar-refractivity contribution in [1.29, 1.82) is 0 Å². The van der Waals surface area contributed by atoms with E-state index in [1.807, 2.05) is 19.1 Å². The van der Waals surface area contributed by atoms with Crippen LogP contribution in [0.3, 0.4) is 0 Å². The number of anilines is 1. The van der Waals surface area contributed by atoms with Gasteiger partial charge >= 0.3 is 0 Å². The number of nitrogens with zero attached hydrogens (tertiary/aromatic N) is 1. The minimum Gasteiger partial charge on any atom is -0.484 e. The number of nitrogens with one attached hydrogen (secondary N) is 1. The van der Waals surface area contributed by atoms with Crippen molar-refractivity contribution in [3.63, 3.8) is 0 Å². The maximum Gasteiger partial charge on any atom is 0.257 e. The van der Waals surface area contributed by atoms with Gasteiger partial charge < -0.3 is 20.7 Å². The Hall–Kier alpha value is -2.73. The van der Waals surface area contributed by atoms with E-state index in [0.29, 0.717) is 28.6 Å². The van der Waals surface area contributed by atoms with E-state index in [4.69, 9.17) is 22.1 Å². The van der Waals surface area contributed by atoms with Crippen LogP contribution in [0.15, 0.2) is 42.5 Å². The summed E-state index contributed by atoms with van der Waals surface area (Å²) in [4.78, 5) is 25.5. The molecule has 1 aliphatic heterocycles. The monoisotopic (exact) mass is 373 g/mol. The predicted octanol–water partition coefficient (Wildman–Crippen LogP) is 3.18. The molecule has 0 saturated carbocycles. The quantitative estimate of drug-likeness (QED) is 0.814. The second kappa shape index (κ2) is 7.66. The molecular weight excluding hydrogens is 354 g/mol. The number of fused-ring (bicyclic) bond motifs is 1. The predicted molar refractivity (Wildman–Crippen MR) is 100 cm³/mol. The molecule has 0 aliphatic carbocycles. The average Bonchev–Trinajstić information content (AvgIpc) is 2.62. The van der Waals surface area contributed by atoms with E-state index in [-0.39, 0.29) is 18.7 Å². The lowest BCUT2D eigenvalue weighted by Gasteiger charge is -2.38. The maximum absolute atomic E-state index is 12.9. The van der Waals surface area contributed by atoms with Crippen molar-refractivity contribution in [2.45, 2.75) is 19.5 Å². The highest BCUT2D eigenvalue weighted by atomic mass is 35.5. The zero-order valence-corrected chi connectivity index (χ0v) is 15.1. The molecule has 0 bridgehead atoms. The second-order valence-electron chi connectivity index (χ2n) is 6.06. The highest BCUT2D eigenvalue weighted by molar-refractivity contribution is 6.31. The highest BCUT2D eigenvalue weighted by Crippen LogP contribution is 2.35. The lowest BCUT2D eigenvalue weighted by Crippen LogP contribution is -2.43. The molecule has 0 spiro atoms. The summed E-state index contributed by atoms with van der Waals surface area (Å²) in [6.07, 6.45) is 0.533. The molecule has 0 fully saturated rings. The molecule has 1 atom stereocenters. The van der Waals surface area contributed by atoms with Gasteiger partial charge in [-0.25, -0.2) is 0 Å². The Balaban J connectivity index is 1.89. The van der Waals surface area contributed by atoms with E-state index in [9.17, 15) is 9.59 Å². The topological polar surface area (TPSA) is 84.7 Å². The van der Waals surface area contributed by atoms with Crippen molar-refractivity contribution in [2.75, 3.05) is 18.5 Å². The van der Waals surface area contributed by atoms with E-state index in [0.717, 1.165) is 12.0 Å². The van der Waals surface area contributed by atoms with Crippen LogP contribution < -0.4 is 15.8 Å². The minimum atomic E-state index is -0.531. The largest absolute Gasteiger partial charge is 0.484 e. The van der Waals surface area contributed by atoms with Crippen molar-refractivity contribution in [1.82, 2.24) is 4.90 Å². The van der Waals surface area contributed by atoms with E-state index in [1.165, 1.54) is 0 Å². The van der Waals surface area contributed by atoms with Crippen LogP contribution in [0.5, 0.6) is 5.75 Å². The van der Waals surface area contributed by atoms with Gasteiger partial charge in [-0.3, -0.25) is 9.59 Å². The molecule has 0 aromatic heterocycles. The molecule has 0 saturated heterocycles. The molecule has 0 radical (unpaired) electrons. The first kappa shape index (κ1) is 18.1. The fourth-order valence-corrected chi connectivity index (χ4v) is 3.13. The Morgan fingerprint density at radius 1 is 1.27 bits per heavy atom. The van der Waals surface area contributed by atoms with Gasteiger partial charge in [0.25, 0.3) is 11.8 Å². The number of carbonyl (C=O) groups excluding carboxylic acids is 2. The number of hydrogen-bond acceptors (Lipinski definition) is 4. The van der Waals surface area contributed by atoms with Gasteiger partial charge in [0.1, 0.15) is 11.9 Å². The highest BCUT2D eigenvalue weighted by Gasteiger charge is 2.32. The number of hydrogen-bond donors (Lipinski definition) is 2. The van der Waals surface area contributed by atoms with Crippen LogP contribution in [0, 0.1) is 0 Å². The third-order valence-electron chi connectivity index (χ3n) is 4.12. The molecule has 136 valence electrons. The summed E-state index contributed by atoms with van der Waals surface area (Å²) in [6, 6.07) is 12.4. The molecular formula is C19H20ClN3O3. The Bertz CT molecular complexity index is 823. The van der Waals surface area contributed by atoms with E-state index >= 15 is 0 Å². The summed E-state index contributed by atoms with van der Waals surface area (Å²) in [5.74, 6) is -0.0206. The smallest absolute Gasteiger partial charge is 0.257 e. The van der Waals surface area contributed by atoms with Gasteiger partial charge in [-0.1, -0.05) is 30.7 Å². The molecule has 1 aliphatic rings. The molecule has 1 unspecified atom stereocenters. The van der Waals surface area contributed by atoms with Crippen molar-refractivity contribution >= 4 is 29.1 Å². The van der Waals surface area contributed by atoms with Crippen molar-refractivity contribution < 1.29 is 14.3 Å². The number of nitrogens with two attached hydrogens (primary N) is 1. The van der Waals surface area contributed by atoms with Crippen LogP contribution in [0.25, 0.3) is 0 Å². The van der Waals surface area contributed by atoms with Crippen LogP contribution in [0.4, 0.5) is 5.69 Å². The van der Waals surface area contributed by atoms with Crippen LogP contribution in [0.2, 0.25) is 5.02 Å². The molecule has 3 rings (SSSR count). The zero-order valence-electron chi connectivity index (χ0n) is 14.4. The standard InChI is InChI=1S/C19H20ClN3O3/c1-2-9-23-18(12-3-6-14(7-4-12)26-11-17(21)24)22-16-10-13(20)5-8-15(16)19(23)25/h3-8,10,18,22H,2,9,11H2,1H3,(H2,21,24). The fourth-order valence-electron chi connectivity index (χ4n) is 2.96. The Labute approximate surface area is 156 Å². The van der Waals surface area contributed by atoms with Gasteiger partial charge in [0, 0.05) is 11.6 Å². The maximum atomic E-state index is 12.9. The number of carbonyl (C=O) groups is 2. The van der Waals surface area contributed by atoms with Crippen LogP contribution in [-0.4, -0.2) is 29.9 Å².